The number of hydrogen-bond acceptors (Lipinski definition) is 7. The summed E-state index contributed by atoms with van der Waals surface area (Å²) in [5.41, 5.74) is 1.54. The van der Waals surface area contributed by atoms with Crippen molar-refractivity contribution in [3.63, 3.8) is 0 Å². The van der Waals surface area contributed by atoms with Gasteiger partial charge in [0, 0.05) is 6.92 Å². The Hall–Kier alpha value is -2.61. The maximum absolute atomic E-state index is 12.7. The van der Waals surface area contributed by atoms with Gasteiger partial charge in [0.25, 0.3) is 0 Å². The van der Waals surface area contributed by atoms with Crippen LogP contribution in [0.25, 0.3) is 0 Å². The van der Waals surface area contributed by atoms with Crippen LogP contribution < -0.4 is 4.74 Å². The number of esters is 2. The van der Waals surface area contributed by atoms with E-state index < -0.39 is 18.0 Å². The number of rotatable bonds is 3. The van der Waals surface area contributed by atoms with Crippen molar-refractivity contribution in [2.75, 3.05) is 7.11 Å². The van der Waals surface area contributed by atoms with Crippen molar-refractivity contribution < 1.29 is 23.9 Å². The van der Waals surface area contributed by atoms with Gasteiger partial charge < -0.3 is 9.47 Å². The molecule has 2 atom stereocenters. The number of benzene rings is 1. The third kappa shape index (κ3) is 3.12. The van der Waals surface area contributed by atoms with Gasteiger partial charge in [-0.2, -0.15) is 0 Å². The maximum atomic E-state index is 12.7. The summed E-state index contributed by atoms with van der Waals surface area (Å²) >= 11 is 1.36. The fourth-order valence-electron chi connectivity index (χ4n) is 2.97. The van der Waals surface area contributed by atoms with E-state index in [1.165, 1.54) is 30.7 Å². The Morgan fingerprint density at radius 3 is 2.46 bits per heavy atom. The Labute approximate surface area is 155 Å². The summed E-state index contributed by atoms with van der Waals surface area (Å²) in [6, 6.07) is 6.07. The lowest BCUT2D eigenvalue weighted by molar-refractivity contribution is -0.137. The Bertz CT molecular complexity index is 844. The van der Waals surface area contributed by atoms with Crippen molar-refractivity contribution >= 4 is 34.8 Å². The quantitative estimate of drug-likeness (QED) is 0.597. The maximum Gasteiger partial charge on any atom is 0.338 e. The number of amides is 1. The van der Waals surface area contributed by atoms with Gasteiger partial charge in [-0.15, -0.1) is 0 Å². The van der Waals surface area contributed by atoms with Gasteiger partial charge in [0.15, 0.2) is 5.17 Å². The number of hydrogen-bond donors (Lipinski definition) is 0. The van der Waals surface area contributed by atoms with E-state index in [0.29, 0.717) is 27.8 Å². The van der Waals surface area contributed by atoms with Crippen LogP contribution in [0.5, 0.6) is 5.75 Å². The number of allylic oxidation sites excluding steroid dienone is 1. The topological polar surface area (TPSA) is 85.3 Å². The summed E-state index contributed by atoms with van der Waals surface area (Å²) in [7, 11) is 1.30. The number of methoxy groups -OCH3 is 1. The average Bonchev–Trinajstić information content (AvgIpc) is 2.87. The van der Waals surface area contributed by atoms with Gasteiger partial charge in [0.05, 0.1) is 29.7 Å². The highest BCUT2D eigenvalue weighted by atomic mass is 32.2. The molecule has 0 aromatic heterocycles. The standard InChI is InChI=1S/C18H18N2O5S/c1-9-14(17(23)24-4)15(20-16(22)10(2)26-18(20)19-9)12-5-7-13(8-6-12)25-11(3)21/h5-8,10,15H,1-4H3/t10-,15-/m0/s1. The van der Waals surface area contributed by atoms with Gasteiger partial charge in [0.2, 0.25) is 5.91 Å². The fraction of sp³-hybridized carbons (Fsp3) is 0.333. The number of amidine groups is 1. The first-order chi connectivity index (χ1) is 12.3. The number of thioether (sulfide) groups is 1. The molecule has 0 bridgehead atoms. The lowest BCUT2D eigenvalue weighted by Gasteiger charge is -2.32. The molecule has 2 aliphatic heterocycles. The van der Waals surface area contributed by atoms with E-state index in [0.717, 1.165) is 0 Å². The number of aliphatic imine (C=N–C) groups is 1. The summed E-state index contributed by atoms with van der Waals surface area (Å²) in [5, 5.41) is 0.295. The van der Waals surface area contributed by atoms with Crippen LogP contribution in [-0.2, 0) is 19.1 Å². The normalized spacial score (nSPS) is 22.1. The van der Waals surface area contributed by atoms with Gasteiger partial charge in [-0.1, -0.05) is 23.9 Å². The van der Waals surface area contributed by atoms with Crippen LogP contribution in [0.1, 0.15) is 32.4 Å². The van der Waals surface area contributed by atoms with Crippen LogP contribution >= 0.6 is 11.8 Å². The Kier molecular flexibility index (Phi) is 4.86. The molecule has 1 amide bonds. The molecule has 136 valence electrons. The molecular formula is C18H18N2O5S. The minimum atomic E-state index is -0.633. The monoisotopic (exact) mass is 374 g/mol. The summed E-state index contributed by atoms with van der Waals surface area (Å²) in [4.78, 5) is 42.1. The third-order valence-electron chi connectivity index (χ3n) is 4.12. The zero-order valence-corrected chi connectivity index (χ0v) is 15.6. The number of carbonyl (C=O) groups is 3. The molecule has 8 heteroatoms. The van der Waals surface area contributed by atoms with E-state index in [1.54, 1.807) is 31.2 Å². The molecule has 2 aliphatic rings. The van der Waals surface area contributed by atoms with E-state index in [2.05, 4.69) is 4.99 Å². The second-order valence-electron chi connectivity index (χ2n) is 5.92. The van der Waals surface area contributed by atoms with Gasteiger partial charge in [-0.05, 0) is 31.5 Å². The molecule has 0 N–H and O–H groups in total. The molecule has 1 aromatic carbocycles. The average molecular weight is 374 g/mol. The highest BCUT2D eigenvalue weighted by Crippen LogP contribution is 2.43. The smallest absolute Gasteiger partial charge is 0.338 e. The zero-order valence-electron chi connectivity index (χ0n) is 14.8. The van der Waals surface area contributed by atoms with Crippen LogP contribution in [-0.4, -0.2) is 40.3 Å². The molecule has 1 saturated heterocycles. The number of fused-ring (bicyclic) bond motifs is 1. The van der Waals surface area contributed by atoms with Crippen LogP contribution in [0, 0.1) is 0 Å². The van der Waals surface area contributed by atoms with E-state index in [1.807, 2.05) is 6.92 Å². The fourth-order valence-corrected chi connectivity index (χ4v) is 4.00. The second kappa shape index (κ2) is 6.95. The van der Waals surface area contributed by atoms with Crippen LogP contribution in [0.3, 0.4) is 0 Å². The highest BCUT2D eigenvalue weighted by molar-refractivity contribution is 8.15. The molecule has 1 fully saturated rings. The van der Waals surface area contributed by atoms with Gasteiger partial charge in [-0.3, -0.25) is 14.5 Å². The molecular weight excluding hydrogens is 356 g/mol. The Morgan fingerprint density at radius 2 is 1.88 bits per heavy atom. The van der Waals surface area contributed by atoms with Crippen LogP contribution in [0.4, 0.5) is 0 Å². The predicted octanol–water partition coefficient (Wildman–Crippen LogP) is 2.43. The van der Waals surface area contributed by atoms with Crippen molar-refractivity contribution in [1.29, 1.82) is 0 Å². The predicted molar refractivity (Wildman–Crippen MR) is 96.5 cm³/mol. The second-order valence-corrected chi connectivity index (χ2v) is 7.23. The summed E-state index contributed by atoms with van der Waals surface area (Å²) in [6.07, 6.45) is 0. The Morgan fingerprint density at radius 1 is 1.23 bits per heavy atom. The van der Waals surface area contributed by atoms with Crippen molar-refractivity contribution in [1.82, 2.24) is 4.90 Å². The zero-order chi connectivity index (χ0) is 19.0. The SMILES string of the molecule is COC(=O)C1=C(C)N=C2S[C@@H](C)C(=O)N2[C@H]1c1ccc(OC(C)=O)cc1. The first kappa shape index (κ1) is 18.2. The molecule has 1 aromatic rings. The molecule has 2 heterocycles. The number of carbonyl (C=O) groups excluding carboxylic acids is 3. The van der Waals surface area contributed by atoms with E-state index >= 15 is 0 Å². The van der Waals surface area contributed by atoms with Gasteiger partial charge >= 0.3 is 11.9 Å². The van der Waals surface area contributed by atoms with Gasteiger partial charge in [-0.25, -0.2) is 9.79 Å². The number of nitrogens with zero attached hydrogens (tertiary/aromatic N) is 2. The third-order valence-corrected chi connectivity index (χ3v) is 5.17. The minimum Gasteiger partial charge on any atom is -0.466 e. The lowest BCUT2D eigenvalue weighted by atomic mass is 9.94. The van der Waals surface area contributed by atoms with Crippen molar-refractivity contribution in [2.24, 2.45) is 4.99 Å². The molecule has 0 aliphatic carbocycles. The first-order valence-electron chi connectivity index (χ1n) is 7.99. The molecule has 0 unspecified atom stereocenters. The lowest BCUT2D eigenvalue weighted by Crippen LogP contribution is -2.40. The van der Waals surface area contributed by atoms with Crippen molar-refractivity contribution in [3.8, 4) is 5.75 Å². The summed E-state index contributed by atoms with van der Waals surface area (Å²) in [6.45, 7) is 4.85. The van der Waals surface area contributed by atoms with Crippen LogP contribution in [0.15, 0.2) is 40.5 Å². The van der Waals surface area contributed by atoms with E-state index in [4.69, 9.17) is 9.47 Å². The molecule has 0 spiro atoms. The molecule has 3 rings (SSSR count). The molecule has 7 nitrogen and oxygen atoms in total. The van der Waals surface area contributed by atoms with Crippen LogP contribution in [0.2, 0.25) is 0 Å². The van der Waals surface area contributed by atoms with Gasteiger partial charge in [0.1, 0.15) is 5.75 Å². The number of ether oxygens (including phenoxy) is 2. The summed E-state index contributed by atoms with van der Waals surface area (Å²) in [5.74, 6) is -0.675. The largest absolute Gasteiger partial charge is 0.466 e. The molecule has 26 heavy (non-hydrogen) atoms. The van der Waals surface area contributed by atoms with Crippen molar-refractivity contribution in [2.45, 2.75) is 32.1 Å². The first-order valence-corrected chi connectivity index (χ1v) is 8.87. The highest BCUT2D eigenvalue weighted by Gasteiger charge is 2.46. The molecule has 0 radical (unpaired) electrons. The summed E-state index contributed by atoms with van der Waals surface area (Å²) < 4.78 is 9.97. The van der Waals surface area contributed by atoms with E-state index in [9.17, 15) is 14.4 Å². The minimum absolute atomic E-state index is 0.114. The molecule has 0 saturated carbocycles. The van der Waals surface area contributed by atoms with E-state index in [-0.39, 0.29) is 11.2 Å². The van der Waals surface area contributed by atoms with Crippen molar-refractivity contribution in [3.05, 3.63) is 41.1 Å². The Balaban J connectivity index is 2.08.